The van der Waals surface area contributed by atoms with E-state index in [2.05, 4.69) is 4.90 Å². The monoisotopic (exact) mass is 249 g/mol. The maximum Gasteiger partial charge on any atom is 0.371 e. The summed E-state index contributed by atoms with van der Waals surface area (Å²) >= 11 is 0. The molecule has 2 heterocycles. The molecule has 1 aliphatic heterocycles. The SMILES string of the molecule is O=C(O)c1ccc(N2CCC3CCCCC3C2)o1. The van der Waals surface area contributed by atoms with E-state index in [1.807, 2.05) is 0 Å². The molecule has 3 rings (SSSR count). The topological polar surface area (TPSA) is 53.7 Å². The van der Waals surface area contributed by atoms with Crippen molar-refractivity contribution in [2.45, 2.75) is 32.1 Å². The normalized spacial score (nSPS) is 27.9. The summed E-state index contributed by atoms with van der Waals surface area (Å²) in [6.45, 7) is 2.02. The van der Waals surface area contributed by atoms with Gasteiger partial charge in [0.1, 0.15) is 0 Å². The predicted octanol–water partition coefficient (Wildman–Crippen LogP) is 2.99. The van der Waals surface area contributed by atoms with E-state index >= 15 is 0 Å². The van der Waals surface area contributed by atoms with Gasteiger partial charge in [0.25, 0.3) is 0 Å². The number of furan rings is 1. The Morgan fingerprint density at radius 1 is 1.22 bits per heavy atom. The smallest absolute Gasteiger partial charge is 0.371 e. The third kappa shape index (κ3) is 2.11. The first-order valence-electron chi connectivity index (χ1n) is 6.82. The van der Waals surface area contributed by atoms with Crippen LogP contribution >= 0.6 is 0 Å². The van der Waals surface area contributed by atoms with Crippen molar-refractivity contribution in [2.75, 3.05) is 18.0 Å². The highest BCUT2D eigenvalue weighted by Crippen LogP contribution is 2.37. The minimum Gasteiger partial charge on any atom is -0.475 e. The third-order valence-electron chi connectivity index (χ3n) is 4.41. The standard InChI is InChI=1S/C14H19NO3/c16-14(17)12-5-6-13(18-12)15-8-7-10-3-1-2-4-11(10)9-15/h5-6,10-11H,1-4,7-9H2,(H,16,17). The Morgan fingerprint density at radius 2 is 2.00 bits per heavy atom. The van der Waals surface area contributed by atoms with Crippen LogP contribution in [0, 0.1) is 11.8 Å². The van der Waals surface area contributed by atoms with Gasteiger partial charge in [-0.15, -0.1) is 0 Å². The molecule has 2 aliphatic rings. The van der Waals surface area contributed by atoms with Gasteiger partial charge in [-0.05, 0) is 30.7 Å². The highest BCUT2D eigenvalue weighted by Gasteiger charge is 2.32. The first-order chi connectivity index (χ1) is 8.74. The molecule has 2 fully saturated rings. The number of nitrogens with zero attached hydrogens (tertiary/aromatic N) is 1. The second kappa shape index (κ2) is 4.67. The van der Waals surface area contributed by atoms with Gasteiger partial charge in [-0.25, -0.2) is 4.79 Å². The lowest BCUT2D eigenvalue weighted by molar-refractivity contribution is 0.0662. The molecule has 0 spiro atoms. The van der Waals surface area contributed by atoms with Gasteiger partial charge < -0.3 is 14.4 Å². The van der Waals surface area contributed by atoms with Gasteiger partial charge in [0, 0.05) is 19.2 Å². The Labute approximate surface area is 107 Å². The number of anilines is 1. The zero-order chi connectivity index (χ0) is 12.5. The fraction of sp³-hybridized carbons (Fsp3) is 0.643. The van der Waals surface area contributed by atoms with Crippen molar-refractivity contribution in [1.29, 1.82) is 0 Å². The summed E-state index contributed by atoms with van der Waals surface area (Å²) in [7, 11) is 0. The first-order valence-corrected chi connectivity index (χ1v) is 6.82. The van der Waals surface area contributed by atoms with Crippen LogP contribution in [0.3, 0.4) is 0 Å². The fourth-order valence-electron chi connectivity index (χ4n) is 3.41. The van der Waals surface area contributed by atoms with Crippen LogP contribution in [0.15, 0.2) is 16.5 Å². The summed E-state index contributed by atoms with van der Waals surface area (Å²) in [6, 6.07) is 3.33. The van der Waals surface area contributed by atoms with Gasteiger partial charge in [0.2, 0.25) is 5.76 Å². The molecule has 98 valence electrons. The number of carboxylic acid groups (broad SMARTS) is 1. The van der Waals surface area contributed by atoms with E-state index in [9.17, 15) is 4.79 Å². The molecule has 1 aromatic heterocycles. The van der Waals surface area contributed by atoms with Gasteiger partial charge >= 0.3 is 5.97 Å². The number of hydrogen-bond acceptors (Lipinski definition) is 3. The predicted molar refractivity (Wildman–Crippen MR) is 67.9 cm³/mol. The second-order valence-corrected chi connectivity index (χ2v) is 5.48. The quantitative estimate of drug-likeness (QED) is 0.875. The van der Waals surface area contributed by atoms with Gasteiger partial charge in [-0.2, -0.15) is 0 Å². The van der Waals surface area contributed by atoms with Gasteiger partial charge in [-0.3, -0.25) is 0 Å². The third-order valence-corrected chi connectivity index (χ3v) is 4.41. The Morgan fingerprint density at radius 3 is 2.72 bits per heavy atom. The summed E-state index contributed by atoms with van der Waals surface area (Å²) in [5, 5.41) is 8.87. The number of piperidine rings is 1. The van der Waals surface area contributed by atoms with E-state index in [1.54, 1.807) is 12.1 Å². The molecule has 1 N–H and O–H groups in total. The second-order valence-electron chi connectivity index (χ2n) is 5.48. The van der Waals surface area contributed by atoms with Crippen LogP contribution in [0.1, 0.15) is 42.7 Å². The van der Waals surface area contributed by atoms with E-state index in [-0.39, 0.29) is 5.76 Å². The largest absolute Gasteiger partial charge is 0.475 e. The van der Waals surface area contributed by atoms with Crippen molar-refractivity contribution in [1.82, 2.24) is 0 Å². The fourth-order valence-corrected chi connectivity index (χ4v) is 3.41. The van der Waals surface area contributed by atoms with Gasteiger partial charge in [0.05, 0.1) is 0 Å². The average Bonchev–Trinajstić information content (AvgIpc) is 2.88. The Hall–Kier alpha value is -1.45. The Kier molecular flexibility index (Phi) is 3.02. The molecule has 4 heteroatoms. The molecule has 4 nitrogen and oxygen atoms in total. The number of fused-ring (bicyclic) bond motifs is 1. The Balaban J connectivity index is 1.71. The van der Waals surface area contributed by atoms with Gasteiger partial charge in [0.15, 0.2) is 5.88 Å². The van der Waals surface area contributed by atoms with Crippen LogP contribution in [-0.2, 0) is 0 Å². The highest BCUT2D eigenvalue weighted by atomic mass is 16.4. The van der Waals surface area contributed by atoms with Crippen molar-refractivity contribution in [3.05, 3.63) is 17.9 Å². The zero-order valence-electron chi connectivity index (χ0n) is 10.5. The summed E-state index contributed by atoms with van der Waals surface area (Å²) in [5.74, 6) is 1.41. The number of aromatic carboxylic acids is 1. The lowest BCUT2D eigenvalue weighted by Crippen LogP contribution is -2.41. The van der Waals surface area contributed by atoms with Crippen molar-refractivity contribution in [3.63, 3.8) is 0 Å². The molecule has 2 unspecified atom stereocenters. The maximum absolute atomic E-state index is 10.8. The van der Waals surface area contributed by atoms with E-state index in [0.717, 1.165) is 30.8 Å². The maximum atomic E-state index is 10.8. The highest BCUT2D eigenvalue weighted by molar-refractivity contribution is 5.84. The van der Waals surface area contributed by atoms with Crippen LogP contribution in [0.4, 0.5) is 5.88 Å². The lowest BCUT2D eigenvalue weighted by Gasteiger charge is -2.41. The minimum atomic E-state index is -0.992. The van der Waals surface area contributed by atoms with E-state index in [0.29, 0.717) is 0 Å². The molecule has 1 aliphatic carbocycles. The molecule has 1 saturated heterocycles. The van der Waals surface area contributed by atoms with Crippen LogP contribution < -0.4 is 4.90 Å². The van der Waals surface area contributed by atoms with E-state index in [1.165, 1.54) is 32.1 Å². The molecule has 1 aromatic rings. The molecular formula is C14H19NO3. The lowest BCUT2D eigenvalue weighted by atomic mass is 9.75. The zero-order valence-corrected chi connectivity index (χ0v) is 10.5. The van der Waals surface area contributed by atoms with Crippen molar-refractivity contribution in [3.8, 4) is 0 Å². The van der Waals surface area contributed by atoms with Crippen molar-refractivity contribution >= 4 is 11.9 Å². The molecule has 0 radical (unpaired) electrons. The van der Waals surface area contributed by atoms with E-state index in [4.69, 9.17) is 9.52 Å². The van der Waals surface area contributed by atoms with Crippen LogP contribution in [0.2, 0.25) is 0 Å². The molecular weight excluding hydrogens is 230 g/mol. The summed E-state index contributed by atoms with van der Waals surface area (Å²) in [5.41, 5.74) is 0. The Bertz CT molecular complexity index is 440. The van der Waals surface area contributed by atoms with Gasteiger partial charge in [-0.1, -0.05) is 19.3 Å². The summed E-state index contributed by atoms with van der Waals surface area (Å²) in [4.78, 5) is 13.0. The number of hydrogen-bond donors (Lipinski definition) is 1. The van der Waals surface area contributed by atoms with Crippen LogP contribution in [0.5, 0.6) is 0 Å². The number of carbonyl (C=O) groups is 1. The number of rotatable bonds is 2. The summed E-state index contributed by atoms with van der Waals surface area (Å²) in [6.07, 6.45) is 6.62. The summed E-state index contributed by atoms with van der Waals surface area (Å²) < 4.78 is 5.39. The van der Waals surface area contributed by atoms with Crippen molar-refractivity contribution in [2.24, 2.45) is 11.8 Å². The minimum absolute atomic E-state index is 0.0377. The molecule has 1 saturated carbocycles. The number of carboxylic acids is 1. The molecule has 18 heavy (non-hydrogen) atoms. The molecule has 2 atom stereocenters. The van der Waals surface area contributed by atoms with Crippen LogP contribution in [0.25, 0.3) is 0 Å². The molecule has 0 bridgehead atoms. The van der Waals surface area contributed by atoms with Crippen molar-refractivity contribution < 1.29 is 14.3 Å². The molecule has 0 amide bonds. The molecule has 0 aromatic carbocycles. The van der Waals surface area contributed by atoms with Crippen LogP contribution in [-0.4, -0.2) is 24.2 Å². The van der Waals surface area contributed by atoms with E-state index < -0.39 is 5.97 Å². The first kappa shape index (κ1) is 11.6. The average molecular weight is 249 g/mol.